The number of nitrogen functional groups attached to an aromatic ring is 1. The average Bonchev–Trinajstić information content (AvgIpc) is 2.94. The molecule has 1 heterocycles. The molecule has 0 saturated carbocycles. The number of thiazole rings is 1. The molecule has 0 amide bonds. The van der Waals surface area contributed by atoms with Crippen molar-refractivity contribution in [1.29, 1.82) is 0 Å². The number of nitrogens with two attached hydrogens (primary N) is 1. The molecule has 0 fully saturated rings. The number of aromatic nitrogens is 1. The van der Waals surface area contributed by atoms with Gasteiger partial charge >= 0.3 is 0 Å². The van der Waals surface area contributed by atoms with Gasteiger partial charge in [0.15, 0.2) is 11.5 Å². The fourth-order valence-corrected chi connectivity index (χ4v) is 2.59. The lowest BCUT2D eigenvalue weighted by molar-refractivity contribution is 0.288. The van der Waals surface area contributed by atoms with Gasteiger partial charge in [-0.05, 0) is 24.1 Å². The van der Waals surface area contributed by atoms with E-state index >= 15 is 0 Å². The van der Waals surface area contributed by atoms with Gasteiger partial charge in [-0.25, -0.2) is 4.98 Å². The SMILES string of the molecule is CCCCOc1c(Cl)cc(C=NNc2nc(N)cs2)cc1OC. The Morgan fingerprint density at radius 2 is 2.30 bits per heavy atom. The maximum absolute atomic E-state index is 6.28. The highest BCUT2D eigenvalue weighted by Gasteiger charge is 2.11. The van der Waals surface area contributed by atoms with E-state index in [4.69, 9.17) is 26.8 Å². The number of rotatable bonds is 8. The Kier molecular flexibility index (Phi) is 6.49. The van der Waals surface area contributed by atoms with Crippen LogP contribution in [0.2, 0.25) is 5.02 Å². The third-order valence-electron chi connectivity index (χ3n) is 2.89. The van der Waals surface area contributed by atoms with E-state index in [1.165, 1.54) is 11.3 Å². The molecule has 1 aromatic carbocycles. The van der Waals surface area contributed by atoms with Crippen LogP contribution in [0.4, 0.5) is 10.9 Å². The highest BCUT2D eigenvalue weighted by Crippen LogP contribution is 2.36. The van der Waals surface area contributed by atoms with Gasteiger partial charge in [-0.2, -0.15) is 5.10 Å². The zero-order valence-electron chi connectivity index (χ0n) is 13.0. The van der Waals surface area contributed by atoms with E-state index in [9.17, 15) is 0 Å². The molecular formula is C15H19ClN4O2S. The van der Waals surface area contributed by atoms with Crippen LogP contribution in [0.1, 0.15) is 25.3 Å². The quantitative estimate of drug-likeness (QED) is 0.425. The van der Waals surface area contributed by atoms with Gasteiger partial charge in [-0.1, -0.05) is 24.9 Å². The molecule has 2 aromatic rings. The second-order valence-electron chi connectivity index (χ2n) is 4.68. The predicted molar refractivity (Wildman–Crippen MR) is 96.2 cm³/mol. The molecule has 3 N–H and O–H groups in total. The van der Waals surface area contributed by atoms with Crippen molar-refractivity contribution in [2.45, 2.75) is 19.8 Å². The lowest BCUT2D eigenvalue weighted by atomic mass is 10.2. The third-order valence-corrected chi connectivity index (χ3v) is 3.94. The van der Waals surface area contributed by atoms with Crippen LogP contribution in [-0.2, 0) is 0 Å². The van der Waals surface area contributed by atoms with Crippen molar-refractivity contribution in [3.8, 4) is 11.5 Å². The van der Waals surface area contributed by atoms with Gasteiger partial charge in [0.1, 0.15) is 5.82 Å². The molecular weight excluding hydrogens is 336 g/mol. The van der Waals surface area contributed by atoms with Gasteiger partial charge in [0, 0.05) is 5.38 Å². The molecule has 0 aliphatic carbocycles. The number of ether oxygens (including phenoxy) is 2. The summed E-state index contributed by atoms with van der Waals surface area (Å²) in [4.78, 5) is 4.05. The monoisotopic (exact) mass is 354 g/mol. The summed E-state index contributed by atoms with van der Waals surface area (Å²) < 4.78 is 11.0. The Morgan fingerprint density at radius 3 is 2.96 bits per heavy atom. The number of hydrazone groups is 1. The van der Waals surface area contributed by atoms with Gasteiger partial charge in [0.05, 0.1) is 25.0 Å². The minimum Gasteiger partial charge on any atom is -0.493 e. The van der Waals surface area contributed by atoms with Gasteiger partial charge in [-0.15, -0.1) is 11.3 Å². The van der Waals surface area contributed by atoms with Gasteiger partial charge < -0.3 is 15.2 Å². The molecule has 2 rings (SSSR count). The number of nitrogens with zero attached hydrogens (tertiary/aromatic N) is 2. The first kappa shape index (κ1) is 17.4. The highest BCUT2D eigenvalue weighted by atomic mass is 35.5. The van der Waals surface area contributed by atoms with Crippen LogP contribution in [-0.4, -0.2) is 24.9 Å². The van der Waals surface area contributed by atoms with E-state index in [1.807, 2.05) is 6.07 Å². The normalized spacial score (nSPS) is 10.9. The Hall–Kier alpha value is -1.99. The van der Waals surface area contributed by atoms with Gasteiger partial charge in [0.2, 0.25) is 5.13 Å². The highest BCUT2D eigenvalue weighted by molar-refractivity contribution is 7.14. The molecule has 124 valence electrons. The Labute approximate surface area is 144 Å². The molecule has 8 heteroatoms. The van der Waals surface area contributed by atoms with Crippen LogP contribution in [0.3, 0.4) is 0 Å². The molecule has 0 radical (unpaired) electrons. The van der Waals surface area contributed by atoms with Crippen LogP contribution in [0.5, 0.6) is 11.5 Å². The van der Waals surface area contributed by atoms with E-state index in [-0.39, 0.29) is 0 Å². The van der Waals surface area contributed by atoms with E-state index < -0.39 is 0 Å². The molecule has 0 atom stereocenters. The summed E-state index contributed by atoms with van der Waals surface area (Å²) in [6.07, 6.45) is 3.64. The van der Waals surface area contributed by atoms with Gasteiger partial charge in [-0.3, -0.25) is 5.43 Å². The van der Waals surface area contributed by atoms with Crippen LogP contribution in [0.25, 0.3) is 0 Å². The summed E-state index contributed by atoms with van der Waals surface area (Å²) >= 11 is 7.66. The second kappa shape index (κ2) is 8.59. The van der Waals surface area contributed by atoms with Crippen molar-refractivity contribution >= 4 is 40.1 Å². The third kappa shape index (κ3) is 5.01. The molecule has 0 bridgehead atoms. The summed E-state index contributed by atoms with van der Waals surface area (Å²) in [6, 6.07) is 3.58. The number of anilines is 2. The molecule has 23 heavy (non-hydrogen) atoms. The van der Waals surface area contributed by atoms with Crippen molar-refractivity contribution in [1.82, 2.24) is 4.98 Å². The van der Waals surface area contributed by atoms with Crippen molar-refractivity contribution < 1.29 is 9.47 Å². The molecule has 6 nitrogen and oxygen atoms in total. The van der Waals surface area contributed by atoms with E-state index in [1.54, 1.807) is 24.8 Å². The molecule has 0 aliphatic rings. The second-order valence-corrected chi connectivity index (χ2v) is 5.95. The largest absolute Gasteiger partial charge is 0.493 e. The summed E-state index contributed by atoms with van der Waals surface area (Å²) in [5.74, 6) is 1.60. The van der Waals surface area contributed by atoms with E-state index in [0.29, 0.717) is 34.1 Å². The lowest BCUT2D eigenvalue weighted by Crippen LogP contribution is -2.00. The van der Waals surface area contributed by atoms with E-state index in [2.05, 4.69) is 22.4 Å². The number of halogens is 1. The molecule has 1 aromatic heterocycles. The Morgan fingerprint density at radius 1 is 1.48 bits per heavy atom. The maximum atomic E-state index is 6.28. The van der Waals surface area contributed by atoms with Crippen molar-refractivity contribution in [3.05, 3.63) is 28.1 Å². The minimum absolute atomic E-state index is 0.464. The summed E-state index contributed by atoms with van der Waals surface area (Å²) in [5, 5.41) is 6.95. The number of hydrogen-bond acceptors (Lipinski definition) is 7. The van der Waals surface area contributed by atoms with Crippen molar-refractivity contribution in [3.63, 3.8) is 0 Å². The number of hydrogen-bond donors (Lipinski definition) is 2. The molecule has 0 aliphatic heterocycles. The number of unbranched alkanes of at least 4 members (excludes halogenated alkanes) is 1. The Bertz CT molecular complexity index is 675. The summed E-state index contributed by atoms with van der Waals surface area (Å²) in [6.45, 7) is 2.71. The molecule has 0 saturated heterocycles. The minimum atomic E-state index is 0.464. The lowest BCUT2D eigenvalue weighted by Gasteiger charge is -2.12. The first-order valence-electron chi connectivity index (χ1n) is 7.14. The van der Waals surface area contributed by atoms with Crippen molar-refractivity contribution in [2.75, 3.05) is 24.9 Å². The predicted octanol–water partition coefficient (Wildman–Crippen LogP) is 4.01. The molecule has 0 spiro atoms. The van der Waals surface area contributed by atoms with Crippen LogP contribution in [0, 0.1) is 0 Å². The summed E-state index contributed by atoms with van der Waals surface area (Å²) in [7, 11) is 1.58. The maximum Gasteiger partial charge on any atom is 0.205 e. The average molecular weight is 355 g/mol. The number of benzene rings is 1. The standard InChI is InChI=1S/C15H19ClN4O2S/c1-3-4-5-22-14-11(16)6-10(7-12(14)21-2)8-18-20-15-19-13(17)9-23-15/h6-9H,3-5,17H2,1-2H3,(H,19,20). The van der Waals surface area contributed by atoms with Crippen LogP contribution >= 0.6 is 22.9 Å². The summed E-state index contributed by atoms with van der Waals surface area (Å²) in [5.41, 5.74) is 9.14. The Balaban J connectivity index is 2.08. The zero-order valence-corrected chi connectivity index (χ0v) is 14.6. The zero-order chi connectivity index (χ0) is 16.7. The van der Waals surface area contributed by atoms with Gasteiger partial charge in [0.25, 0.3) is 0 Å². The van der Waals surface area contributed by atoms with Crippen LogP contribution < -0.4 is 20.6 Å². The topological polar surface area (TPSA) is 81.8 Å². The molecule has 0 unspecified atom stereocenters. The number of nitrogens with one attached hydrogen (secondary N) is 1. The first-order chi connectivity index (χ1) is 11.1. The fourth-order valence-electron chi connectivity index (χ4n) is 1.77. The first-order valence-corrected chi connectivity index (χ1v) is 8.40. The van der Waals surface area contributed by atoms with E-state index in [0.717, 1.165) is 18.4 Å². The number of methoxy groups -OCH3 is 1. The fraction of sp³-hybridized carbons (Fsp3) is 0.333. The smallest absolute Gasteiger partial charge is 0.205 e. The van der Waals surface area contributed by atoms with Crippen LogP contribution in [0.15, 0.2) is 22.6 Å². The van der Waals surface area contributed by atoms with Crippen molar-refractivity contribution in [2.24, 2.45) is 5.10 Å².